The number of likely N-dealkylation sites (tertiary alicyclic amines) is 1. The Kier molecular flexibility index (Phi) is 3.29. The number of aryl methyl sites for hydroxylation is 1. The fourth-order valence-corrected chi connectivity index (χ4v) is 3.38. The monoisotopic (exact) mass is 248 g/mol. The molecule has 2 aliphatic rings. The van der Waals surface area contributed by atoms with Gasteiger partial charge in [-0.25, -0.2) is 0 Å². The van der Waals surface area contributed by atoms with Crippen LogP contribution in [0.4, 0.5) is 5.82 Å². The van der Waals surface area contributed by atoms with Crippen LogP contribution in [0.2, 0.25) is 0 Å². The van der Waals surface area contributed by atoms with Crippen LogP contribution in [-0.4, -0.2) is 34.8 Å². The molecule has 0 unspecified atom stereocenters. The van der Waals surface area contributed by atoms with Crippen molar-refractivity contribution in [2.75, 3.05) is 25.5 Å². The predicted molar refractivity (Wildman–Crippen MR) is 73.9 cm³/mol. The highest BCUT2D eigenvalue weighted by Gasteiger charge is 2.28. The Hall–Kier alpha value is -1.03. The normalized spacial score (nSPS) is 25.3. The number of rotatable bonds is 1. The van der Waals surface area contributed by atoms with Gasteiger partial charge in [-0.1, -0.05) is 6.42 Å². The molecule has 1 atom stereocenters. The van der Waals surface area contributed by atoms with Gasteiger partial charge in [-0.15, -0.1) is 0 Å². The van der Waals surface area contributed by atoms with Gasteiger partial charge in [-0.3, -0.25) is 9.58 Å². The number of hydrogen-bond donors (Lipinski definition) is 1. The molecule has 1 aromatic heterocycles. The molecule has 0 aliphatic carbocycles. The van der Waals surface area contributed by atoms with E-state index in [1.807, 2.05) is 0 Å². The number of anilines is 1. The summed E-state index contributed by atoms with van der Waals surface area (Å²) in [6, 6.07) is 0.536. The van der Waals surface area contributed by atoms with E-state index < -0.39 is 0 Å². The number of piperidine rings is 1. The third kappa shape index (κ3) is 2.03. The van der Waals surface area contributed by atoms with Gasteiger partial charge in [0.1, 0.15) is 5.82 Å². The second kappa shape index (κ2) is 4.92. The van der Waals surface area contributed by atoms with Crippen molar-refractivity contribution in [2.24, 2.45) is 7.05 Å². The SMILES string of the molecule is CN1CCCC[C@@H]1c1nn(C)c2c1CCCCN2. The average molecular weight is 248 g/mol. The minimum Gasteiger partial charge on any atom is -0.370 e. The zero-order valence-corrected chi connectivity index (χ0v) is 11.6. The van der Waals surface area contributed by atoms with Gasteiger partial charge >= 0.3 is 0 Å². The van der Waals surface area contributed by atoms with Crippen LogP contribution in [0.1, 0.15) is 49.4 Å². The number of hydrogen-bond acceptors (Lipinski definition) is 3. The van der Waals surface area contributed by atoms with Crippen LogP contribution in [-0.2, 0) is 13.5 Å². The van der Waals surface area contributed by atoms with Gasteiger partial charge < -0.3 is 5.32 Å². The molecule has 4 nitrogen and oxygen atoms in total. The predicted octanol–water partition coefficient (Wildman–Crippen LogP) is 2.33. The Labute approximate surface area is 109 Å². The van der Waals surface area contributed by atoms with Crippen molar-refractivity contribution in [3.63, 3.8) is 0 Å². The zero-order valence-electron chi connectivity index (χ0n) is 11.6. The van der Waals surface area contributed by atoms with E-state index in [2.05, 4.69) is 29.0 Å². The highest BCUT2D eigenvalue weighted by molar-refractivity contribution is 5.49. The third-order valence-electron chi connectivity index (χ3n) is 4.41. The summed E-state index contributed by atoms with van der Waals surface area (Å²) in [5.74, 6) is 1.27. The van der Waals surface area contributed by atoms with E-state index >= 15 is 0 Å². The van der Waals surface area contributed by atoms with Crippen molar-refractivity contribution in [1.29, 1.82) is 0 Å². The molecular weight excluding hydrogens is 224 g/mol. The molecule has 4 heteroatoms. The van der Waals surface area contributed by atoms with Crippen molar-refractivity contribution >= 4 is 5.82 Å². The van der Waals surface area contributed by atoms with Gasteiger partial charge in [0, 0.05) is 19.2 Å². The molecule has 0 amide bonds. The van der Waals surface area contributed by atoms with Crippen LogP contribution < -0.4 is 5.32 Å². The van der Waals surface area contributed by atoms with E-state index in [0.717, 1.165) is 6.54 Å². The molecule has 1 fully saturated rings. The lowest BCUT2D eigenvalue weighted by Crippen LogP contribution is -2.30. The van der Waals surface area contributed by atoms with Crippen LogP contribution >= 0.6 is 0 Å². The van der Waals surface area contributed by atoms with Crippen LogP contribution in [0.3, 0.4) is 0 Å². The highest BCUT2D eigenvalue weighted by atomic mass is 15.3. The first-order valence-electron chi connectivity index (χ1n) is 7.27. The van der Waals surface area contributed by atoms with Crippen molar-refractivity contribution in [1.82, 2.24) is 14.7 Å². The molecule has 0 bridgehead atoms. The molecule has 18 heavy (non-hydrogen) atoms. The van der Waals surface area contributed by atoms with Crippen LogP contribution in [0.5, 0.6) is 0 Å². The van der Waals surface area contributed by atoms with Gasteiger partial charge in [-0.2, -0.15) is 5.10 Å². The summed E-state index contributed by atoms with van der Waals surface area (Å²) in [5.41, 5.74) is 2.82. The van der Waals surface area contributed by atoms with Crippen LogP contribution in [0.15, 0.2) is 0 Å². The summed E-state index contributed by atoms with van der Waals surface area (Å²) in [6.07, 6.45) is 7.69. The van der Waals surface area contributed by atoms with E-state index in [9.17, 15) is 0 Å². The molecule has 1 aromatic rings. The standard InChI is InChI=1S/C14H24N4/c1-17-10-6-4-8-12(17)13-11-7-3-5-9-15-14(11)18(2)16-13/h12,15H,3-10H2,1-2H3/t12-/m1/s1. The Bertz CT molecular complexity index is 424. The minimum atomic E-state index is 0.536. The molecule has 0 radical (unpaired) electrons. The molecule has 3 rings (SSSR count). The average Bonchev–Trinajstić information content (AvgIpc) is 2.56. The molecule has 0 spiro atoms. The van der Waals surface area contributed by atoms with E-state index in [1.165, 1.54) is 62.1 Å². The van der Waals surface area contributed by atoms with Crippen LogP contribution in [0.25, 0.3) is 0 Å². The fraction of sp³-hybridized carbons (Fsp3) is 0.786. The van der Waals surface area contributed by atoms with Crippen molar-refractivity contribution in [3.05, 3.63) is 11.3 Å². The quantitative estimate of drug-likeness (QED) is 0.828. The number of fused-ring (bicyclic) bond motifs is 1. The summed E-state index contributed by atoms with van der Waals surface area (Å²) in [7, 11) is 4.32. The second-order valence-corrected chi connectivity index (χ2v) is 5.71. The Balaban J connectivity index is 1.96. The van der Waals surface area contributed by atoms with Gasteiger partial charge in [0.05, 0.1) is 11.7 Å². The van der Waals surface area contributed by atoms with Crippen molar-refractivity contribution in [2.45, 2.75) is 44.6 Å². The summed E-state index contributed by atoms with van der Waals surface area (Å²) >= 11 is 0. The maximum absolute atomic E-state index is 4.82. The lowest BCUT2D eigenvalue weighted by Gasteiger charge is -2.31. The Morgan fingerprint density at radius 2 is 2.06 bits per heavy atom. The lowest BCUT2D eigenvalue weighted by atomic mass is 9.96. The Morgan fingerprint density at radius 1 is 1.17 bits per heavy atom. The molecule has 1 saturated heterocycles. The summed E-state index contributed by atoms with van der Waals surface area (Å²) in [4.78, 5) is 2.48. The van der Waals surface area contributed by atoms with E-state index in [4.69, 9.17) is 5.10 Å². The topological polar surface area (TPSA) is 33.1 Å². The molecule has 0 saturated carbocycles. The number of nitrogens with zero attached hydrogens (tertiary/aromatic N) is 3. The summed E-state index contributed by atoms with van der Waals surface area (Å²) in [6.45, 7) is 2.30. The zero-order chi connectivity index (χ0) is 12.5. The smallest absolute Gasteiger partial charge is 0.127 e. The molecule has 2 aliphatic heterocycles. The van der Waals surface area contributed by atoms with Crippen molar-refractivity contribution in [3.8, 4) is 0 Å². The second-order valence-electron chi connectivity index (χ2n) is 5.71. The molecule has 0 aromatic carbocycles. The first-order chi connectivity index (χ1) is 8.77. The summed E-state index contributed by atoms with van der Waals surface area (Å²) in [5, 5.41) is 8.37. The largest absolute Gasteiger partial charge is 0.370 e. The molecule has 100 valence electrons. The van der Waals surface area contributed by atoms with Crippen molar-refractivity contribution < 1.29 is 0 Å². The number of aromatic nitrogens is 2. The minimum absolute atomic E-state index is 0.536. The maximum Gasteiger partial charge on any atom is 0.127 e. The van der Waals surface area contributed by atoms with E-state index in [1.54, 1.807) is 0 Å². The van der Waals surface area contributed by atoms with Gasteiger partial charge in [0.2, 0.25) is 0 Å². The first kappa shape index (κ1) is 12.0. The third-order valence-corrected chi connectivity index (χ3v) is 4.41. The number of nitrogens with one attached hydrogen (secondary N) is 1. The molecular formula is C14H24N4. The van der Waals surface area contributed by atoms with Crippen LogP contribution in [0, 0.1) is 0 Å². The fourth-order valence-electron chi connectivity index (χ4n) is 3.38. The first-order valence-corrected chi connectivity index (χ1v) is 7.27. The van der Waals surface area contributed by atoms with E-state index in [-0.39, 0.29) is 0 Å². The van der Waals surface area contributed by atoms with Gasteiger partial charge in [0.25, 0.3) is 0 Å². The molecule has 1 N–H and O–H groups in total. The van der Waals surface area contributed by atoms with E-state index in [0.29, 0.717) is 6.04 Å². The maximum atomic E-state index is 4.82. The molecule has 3 heterocycles. The Morgan fingerprint density at radius 3 is 2.89 bits per heavy atom. The van der Waals surface area contributed by atoms with Gasteiger partial charge in [-0.05, 0) is 45.7 Å². The van der Waals surface area contributed by atoms with Gasteiger partial charge in [0.15, 0.2) is 0 Å². The highest BCUT2D eigenvalue weighted by Crippen LogP contribution is 2.35. The lowest BCUT2D eigenvalue weighted by molar-refractivity contribution is 0.182. The summed E-state index contributed by atoms with van der Waals surface area (Å²) < 4.78 is 2.05.